The van der Waals surface area contributed by atoms with Crippen LogP contribution in [0.25, 0.3) is 6.08 Å². The monoisotopic (exact) mass is 407 g/mol. The van der Waals surface area contributed by atoms with Gasteiger partial charge in [0.25, 0.3) is 11.1 Å². The number of thioether (sulfide) groups is 1. The van der Waals surface area contributed by atoms with Crippen LogP contribution in [0, 0.1) is 6.92 Å². The molecule has 0 spiro atoms. The van der Waals surface area contributed by atoms with Gasteiger partial charge in [-0.15, -0.1) is 0 Å². The van der Waals surface area contributed by atoms with E-state index >= 15 is 0 Å². The van der Waals surface area contributed by atoms with Crippen LogP contribution in [-0.4, -0.2) is 29.2 Å². The molecule has 0 unspecified atom stereocenters. The van der Waals surface area contributed by atoms with E-state index in [1.165, 1.54) is 4.90 Å². The highest BCUT2D eigenvalue weighted by atomic mass is 35.5. The number of nitrogens with zero attached hydrogens (tertiary/aromatic N) is 1. The first-order chi connectivity index (χ1) is 12.4. The average Bonchev–Trinajstić information content (AvgIpc) is 2.85. The molecule has 2 aromatic rings. The molecule has 2 aromatic carbocycles. The van der Waals surface area contributed by atoms with E-state index < -0.39 is 0 Å². The minimum atomic E-state index is -0.348. The second-order valence-corrected chi connectivity index (χ2v) is 7.50. The molecule has 0 bridgehead atoms. The molecule has 1 aliphatic rings. The maximum Gasteiger partial charge on any atom is 0.293 e. The molecule has 2 amide bonds. The number of hydrogen-bond acceptors (Lipinski definition) is 4. The molecule has 0 N–H and O–H groups in total. The van der Waals surface area contributed by atoms with E-state index in [0.717, 1.165) is 17.3 Å². The molecular weight excluding hydrogens is 393 g/mol. The van der Waals surface area contributed by atoms with Crippen LogP contribution in [-0.2, 0) is 4.79 Å². The van der Waals surface area contributed by atoms with Gasteiger partial charge in [-0.1, -0.05) is 41.4 Å². The van der Waals surface area contributed by atoms with Crippen molar-refractivity contribution in [3.05, 3.63) is 68.5 Å². The number of carbonyl (C=O) groups is 2. The van der Waals surface area contributed by atoms with Gasteiger partial charge in [-0.3, -0.25) is 14.5 Å². The zero-order valence-corrected chi connectivity index (χ0v) is 16.2. The van der Waals surface area contributed by atoms with Crippen molar-refractivity contribution in [1.82, 2.24) is 4.90 Å². The van der Waals surface area contributed by atoms with Gasteiger partial charge >= 0.3 is 0 Å². The summed E-state index contributed by atoms with van der Waals surface area (Å²) in [5.74, 6) is 0.360. The zero-order chi connectivity index (χ0) is 18.7. The Bertz CT molecular complexity index is 898. The van der Waals surface area contributed by atoms with Crippen LogP contribution in [0.3, 0.4) is 0 Å². The van der Waals surface area contributed by atoms with E-state index in [1.54, 1.807) is 24.3 Å². The average molecular weight is 408 g/mol. The fourth-order valence-corrected chi connectivity index (χ4v) is 3.73. The van der Waals surface area contributed by atoms with E-state index in [0.29, 0.717) is 26.3 Å². The lowest BCUT2D eigenvalue weighted by Gasteiger charge is -2.13. The lowest BCUT2D eigenvalue weighted by molar-refractivity contribution is -0.123. The van der Waals surface area contributed by atoms with Gasteiger partial charge in [0.1, 0.15) is 12.4 Å². The van der Waals surface area contributed by atoms with Crippen molar-refractivity contribution in [3.63, 3.8) is 0 Å². The van der Waals surface area contributed by atoms with Crippen molar-refractivity contribution in [2.75, 3.05) is 13.2 Å². The second-order valence-electron chi connectivity index (χ2n) is 5.66. The van der Waals surface area contributed by atoms with Gasteiger partial charge in [0.2, 0.25) is 0 Å². The molecule has 0 radical (unpaired) electrons. The van der Waals surface area contributed by atoms with Crippen molar-refractivity contribution in [2.24, 2.45) is 0 Å². The van der Waals surface area contributed by atoms with E-state index in [2.05, 4.69) is 0 Å². The van der Waals surface area contributed by atoms with Gasteiger partial charge in [0.15, 0.2) is 0 Å². The fourth-order valence-electron chi connectivity index (χ4n) is 2.41. The van der Waals surface area contributed by atoms with Gasteiger partial charge in [0, 0.05) is 10.0 Å². The Morgan fingerprint density at radius 2 is 1.96 bits per heavy atom. The molecule has 134 valence electrons. The molecule has 1 saturated heterocycles. The third kappa shape index (κ3) is 4.41. The summed E-state index contributed by atoms with van der Waals surface area (Å²) in [6, 6.07) is 12.6. The third-order valence-electron chi connectivity index (χ3n) is 3.70. The smallest absolute Gasteiger partial charge is 0.293 e. The molecular formula is C19H15Cl2NO3S. The first-order valence-corrected chi connectivity index (χ1v) is 9.41. The quantitative estimate of drug-likeness (QED) is 0.620. The standard InChI is InChI=1S/C19H15Cl2NO3S/c1-12-3-2-4-15(9-12)25-8-7-22-18(23)17(26-19(22)24)10-13-5-6-14(20)11-16(13)21/h2-6,9-11H,7-8H2,1H3/b17-10-. The van der Waals surface area contributed by atoms with Crippen molar-refractivity contribution in [2.45, 2.75) is 6.92 Å². The molecule has 0 aromatic heterocycles. The fraction of sp³-hybridized carbons (Fsp3) is 0.158. The summed E-state index contributed by atoms with van der Waals surface area (Å²) in [5.41, 5.74) is 1.72. The molecule has 1 heterocycles. The zero-order valence-electron chi connectivity index (χ0n) is 13.9. The molecule has 0 aliphatic carbocycles. The highest BCUT2D eigenvalue weighted by Gasteiger charge is 2.34. The number of imide groups is 1. The Hall–Kier alpha value is -1.95. The number of halogens is 2. The van der Waals surface area contributed by atoms with Crippen LogP contribution >= 0.6 is 35.0 Å². The predicted octanol–water partition coefficient (Wildman–Crippen LogP) is 5.42. The molecule has 7 heteroatoms. The number of rotatable bonds is 5. The van der Waals surface area contributed by atoms with Crippen LogP contribution < -0.4 is 4.74 Å². The Morgan fingerprint density at radius 1 is 1.15 bits per heavy atom. The van der Waals surface area contributed by atoms with Gasteiger partial charge in [0.05, 0.1) is 11.4 Å². The number of carbonyl (C=O) groups excluding carboxylic acids is 2. The first-order valence-electron chi connectivity index (χ1n) is 7.84. The van der Waals surface area contributed by atoms with Crippen molar-refractivity contribution < 1.29 is 14.3 Å². The van der Waals surface area contributed by atoms with Gasteiger partial charge in [-0.25, -0.2) is 0 Å². The molecule has 0 atom stereocenters. The first kappa shape index (κ1) is 18.8. The van der Waals surface area contributed by atoms with Gasteiger partial charge < -0.3 is 4.74 Å². The van der Waals surface area contributed by atoms with Crippen molar-refractivity contribution in [3.8, 4) is 5.75 Å². The summed E-state index contributed by atoms with van der Waals surface area (Å²) in [5, 5.41) is 0.611. The minimum Gasteiger partial charge on any atom is -0.492 e. The predicted molar refractivity (Wildman–Crippen MR) is 106 cm³/mol. The summed E-state index contributed by atoms with van der Waals surface area (Å²) in [6.07, 6.45) is 1.60. The van der Waals surface area contributed by atoms with Crippen LogP contribution in [0.2, 0.25) is 10.0 Å². The lowest BCUT2D eigenvalue weighted by Crippen LogP contribution is -2.32. The number of amides is 2. The summed E-state index contributed by atoms with van der Waals surface area (Å²) < 4.78 is 5.62. The Labute approximate surface area is 165 Å². The Balaban J connectivity index is 1.66. The van der Waals surface area contributed by atoms with E-state index in [1.807, 2.05) is 31.2 Å². The number of hydrogen-bond donors (Lipinski definition) is 0. The maximum absolute atomic E-state index is 12.5. The summed E-state index contributed by atoms with van der Waals surface area (Å²) >= 11 is 12.9. The topological polar surface area (TPSA) is 46.6 Å². The van der Waals surface area contributed by atoms with E-state index in [-0.39, 0.29) is 24.3 Å². The number of aryl methyl sites for hydroxylation is 1. The summed E-state index contributed by atoms with van der Waals surface area (Å²) in [6.45, 7) is 2.39. The second kappa shape index (κ2) is 8.16. The Morgan fingerprint density at radius 3 is 2.69 bits per heavy atom. The van der Waals surface area contributed by atoms with Gasteiger partial charge in [-0.05, 0) is 60.2 Å². The summed E-state index contributed by atoms with van der Waals surface area (Å²) in [4.78, 5) is 26.1. The maximum atomic E-state index is 12.5. The number of ether oxygens (including phenoxy) is 1. The lowest BCUT2D eigenvalue weighted by atomic mass is 10.2. The highest BCUT2D eigenvalue weighted by molar-refractivity contribution is 8.18. The summed E-state index contributed by atoms with van der Waals surface area (Å²) in [7, 11) is 0. The van der Waals surface area contributed by atoms with Gasteiger partial charge in [-0.2, -0.15) is 0 Å². The molecule has 1 fully saturated rings. The van der Waals surface area contributed by atoms with Crippen LogP contribution in [0.1, 0.15) is 11.1 Å². The van der Waals surface area contributed by atoms with Crippen LogP contribution in [0.5, 0.6) is 5.75 Å². The largest absolute Gasteiger partial charge is 0.492 e. The minimum absolute atomic E-state index is 0.185. The van der Waals surface area contributed by atoms with Crippen LogP contribution in [0.4, 0.5) is 4.79 Å². The molecule has 26 heavy (non-hydrogen) atoms. The molecule has 0 saturated carbocycles. The van der Waals surface area contributed by atoms with Crippen LogP contribution in [0.15, 0.2) is 47.4 Å². The van der Waals surface area contributed by atoms with Crippen molar-refractivity contribution >= 4 is 52.2 Å². The van der Waals surface area contributed by atoms with E-state index in [9.17, 15) is 9.59 Å². The third-order valence-corrected chi connectivity index (χ3v) is 5.17. The van der Waals surface area contributed by atoms with E-state index in [4.69, 9.17) is 27.9 Å². The molecule has 3 rings (SSSR count). The van der Waals surface area contributed by atoms with Crippen molar-refractivity contribution in [1.29, 1.82) is 0 Å². The normalized spacial score (nSPS) is 15.8. The number of benzene rings is 2. The SMILES string of the molecule is Cc1cccc(OCCN2C(=O)S/C(=C\c3ccc(Cl)cc3Cl)C2=O)c1. The Kier molecular flexibility index (Phi) is 5.91. The molecule has 1 aliphatic heterocycles. The highest BCUT2D eigenvalue weighted by Crippen LogP contribution is 2.33. The molecule has 4 nitrogen and oxygen atoms in total.